The molecule has 0 spiro atoms. The smallest absolute Gasteiger partial charge is 0.335 e. The Morgan fingerprint density at radius 3 is 2.02 bits per heavy atom. The third kappa shape index (κ3) is 7.05. The Bertz CT molecular complexity index is 2270. The number of hydrogen-bond acceptors (Lipinski definition) is 6. The lowest BCUT2D eigenvalue weighted by Gasteiger charge is -2.44. The molecule has 3 aliphatic heterocycles. The molecule has 1 saturated heterocycles. The molecule has 0 aromatic heterocycles. The highest BCUT2D eigenvalue weighted by Crippen LogP contribution is 2.50. The number of rotatable bonds is 9. The molecule has 5 aromatic carbocycles. The molecular weight excluding hydrogens is 754 g/mol. The number of nitrogens with one attached hydrogen (secondary N) is 1. The van der Waals surface area contributed by atoms with Gasteiger partial charge in [-0.3, -0.25) is 14.9 Å². The predicted molar refractivity (Wildman–Crippen MR) is 219 cm³/mol. The van der Waals surface area contributed by atoms with Gasteiger partial charge in [-0.2, -0.15) is 0 Å². The second-order valence-electron chi connectivity index (χ2n) is 14.4. The number of carbonyl (C=O) groups excluding carboxylic acids is 3. The summed E-state index contributed by atoms with van der Waals surface area (Å²) >= 11 is 3.64. The second-order valence-corrected chi connectivity index (χ2v) is 15.2. The summed E-state index contributed by atoms with van der Waals surface area (Å²) in [7, 11) is 0. The van der Waals surface area contributed by atoms with Gasteiger partial charge in [0.1, 0.15) is 12.2 Å². The molecule has 4 amide bonds. The summed E-state index contributed by atoms with van der Waals surface area (Å²) in [5, 5.41) is 2.45. The van der Waals surface area contributed by atoms with Crippen LogP contribution in [-0.2, 0) is 16.2 Å². The zero-order valence-electron chi connectivity index (χ0n) is 31.1. The van der Waals surface area contributed by atoms with Crippen molar-refractivity contribution in [3.05, 3.63) is 158 Å². The molecule has 3 heterocycles. The summed E-state index contributed by atoms with van der Waals surface area (Å²) in [4.78, 5) is 45.2. The fraction of sp³-hybridized carbons (Fsp3) is 0.239. The normalized spacial score (nSPS) is 18.6. The number of anilines is 2. The van der Waals surface area contributed by atoms with Crippen molar-refractivity contribution in [2.75, 3.05) is 29.5 Å². The minimum absolute atomic E-state index is 0.0744. The molecule has 278 valence electrons. The lowest BCUT2D eigenvalue weighted by atomic mass is 9.76. The summed E-state index contributed by atoms with van der Waals surface area (Å²) in [6, 6.07) is 33.7. The van der Waals surface area contributed by atoms with E-state index in [0.29, 0.717) is 40.4 Å². The van der Waals surface area contributed by atoms with Gasteiger partial charge in [-0.15, -0.1) is 0 Å². The highest BCUT2D eigenvalue weighted by molar-refractivity contribution is 9.10. The van der Waals surface area contributed by atoms with Crippen LogP contribution in [0.25, 0.3) is 6.08 Å². The van der Waals surface area contributed by atoms with E-state index in [0.717, 1.165) is 47.5 Å². The molecule has 1 N–H and O–H groups in total. The number of aryl methyl sites for hydroxylation is 2. The first-order chi connectivity index (χ1) is 26.7. The molecule has 1 fully saturated rings. The van der Waals surface area contributed by atoms with Crippen LogP contribution in [-0.4, -0.2) is 37.5 Å². The van der Waals surface area contributed by atoms with Crippen molar-refractivity contribution in [1.29, 1.82) is 0 Å². The molecule has 5 aromatic rings. The van der Waals surface area contributed by atoms with E-state index in [1.807, 2.05) is 61.5 Å². The average Bonchev–Trinajstić information content (AvgIpc) is 3.18. The molecule has 55 heavy (non-hydrogen) atoms. The standard InChI is InChI=1S/C46H42BrN3O5/c1-4-54-41-24-31(23-40(47)43(41)55-27-30-16-15-28(2)29(3)21-30)22-39-44(51)48-46(53)50(45(39)52)34-25-37-35(32-11-7-5-8-12-32)17-19-49-20-18-36(38(26-34)42(37)49)33-13-9-6-10-14-33/h5-16,21-26,35-36H,4,17-20,27H2,1-3H3,(H,48,51,53)/b39-22+/t35-,36+. The van der Waals surface area contributed by atoms with Gasteiger partial charge in [-0.1, -0.05) is 78.9 Å². The number of amides is 4. The second kappa shape index (κ2) is 15.2. The third-order valence-electron chi connectivity index (χ3n) is 11.0. The molecule has 0 bridgehead atoms. The first-order valence-electron chi connectivity index (χ1n) is 18.8. The summed E-state index contributed by atoms with van der Waals surface area (Å²) in [6.07, 6.45) is 3.31. The van der Waals surface area contributed by atoms with Crippen molar-refractivity contribution >= 4 is 51.2 Å². The number of nitrogens with zero attached hydrogens (tertiary/aromatic N) is 2. The number of urea groups is 1. The fourth-order valence-corrected chi connectivity index (χ4v) is 8.72. The van der Waals surface area contributed by atoms with E-state index in [1.54, 1.807) is 12.1 Å². The highest BCUT2D eigenvalue weighted by Gasteiger charge is 2.40. The molecule has 8 rings (SSSR count). The Kier molecular flexibility index (Phi) is 10.1. The molecule has 0 unspecified atom stereocenters. The van der Waals surface area contributed by atoms with Crippen LogP contribution in [0.1, 0.15) is 76.1 Å². The van der Waals surface area contributed by atoms with Crippen LogP contribution in [0.15, 0.2) is 113 Å². The number of halogens is 1. The minimum atomic E-state index is -0.776. The highest BCUT2D eigenvalue weighted by atomic mass is 79.9. The van der Waals surface area contributed by atoms with Crippen molar-refractivity contribution in [3.63, 3.8) is 0 Å². The third-order valence-corrected chi connectivity index (χ3v) is 11.5. The van der Waals surface area contributed by atoms with Crippen molar-refractivity contribution < 1.29 is 23.9 Å². The number of benzene rings is 5. The maximum Gasteiger partial charge on any atom is 0.335 e. The number of ether oxygens (including phenoxy) is 2. The Morgan fingerprint density at radius 1 is 0.782 bits per heavy atom. The van der Waals surface area contributed by atoms with Crippen molar-refractivity contribution in [2.45, 2.75) is 52.1 Å². The minimum Gasteiger partial charge on any atom is -0.490 e. The maximum absolute atomic E-state index is 14.5. The topological polar surface area (TPSA) is 88.2 Å². The van der Waals surface area contributed by atoms with E-state index >= 15 is 0 Å². The van der Waals surface area contributed by atoms with Crippen molar-refractivity contribution in [1.82, 2.24) is 5.32 Å². The SMILES string of the molecule is CCOc1cc(/C=C2\C(=O)NC(=O)N(c3cc4c5c(c3)[C@H](c3ccccc3)CCN5CC[C@@H]4c3ccccc3)C2=O)cc(Br)c1OCc1ccc(C)c(C)c1. The largest absolute Gasteiger partial charge is 0.490 e. The Morgan fingerprint density at radius 2 is 1.42 bits per heavy atom. The monoisotopic (exact) mass is 795 g/mol. The van der Waals surface area contributed by atoms with E-state index < -0.39 is 17.8 Å². The van der Waals surface area contributed by atoms with E-state index in [1.165, 1.54) is 34.0 Å². The van der Waals surface area contributed by atoms with Crippen LogP contribution in [0.3, 0.4) is 0 Å². The zero-order valence-corrected chi connectivity index (χ0v) is 32.7. The van der Waals surface area contributed by atoms with Gasteiger partial charge in [-0.25, -0.2) is 9.69 Å². The Balaban J connectivity index is 1.18. The Labute approximate surface area is 329 Å². The van der Waals surface area contributed by atoms with Crippen molar-refractivity contribution in [3.8, 4) is 11.5 Å². The van der Waals surface area contributed by atoms with Gasteiger partial charge in [0.25, 0.3) is 11.8 Å². The quantitative estimate of drug-likeness (QED) is 0.118. The van der Waals surface area contributed by atoms with Gasteiger partial charge in [0, 0.05) is 30.6 Å². The van der Waals surface area contributed by atoms with Crippen LogP contribution < -0.4 is 24.6 Å². The van der Waals surface area contributed by atoms with Gasteiger partial charge in [-0.05, 0) is 124 Å². The molecule has 0 saturated carbocycles. The molecule has 0 aliphatic carbocycles. The number of hydrogen-bond donors (Lipinski definition) is 1. The molecule has 2 atom stereocenters. The van der Waals surface area contributed by atoms with Gasteiger partial charge >= 0.3 is 6.03 Å². The Hall–Kier alpha value is -5.67. The van der Waals surface area contributed by atoms with Gasteiger partial charge in [0.05, 0.1) is 16.8 Å². The number of imide groups is 2. The van der Waals surface area contributed by atoms with Gasteiger partial charge < -0.3 is 14.4 Å². The van der Waals surface area contributed by atoms with E-state index in [9.17, 15) is 14.4 Å². The summed E-state index contributed by atoms with van der Waals surface area (Å²) in [6.45, 7) is 8.55. The van der Waals surface area contributed by atoms with E-state index in [2.05, 4.69) is 76.4 Å². The summed E-state index contributed by atoms with van der Waals surface area (Å²) < 4.78 is 12.8. The van der Waals surface area contributed by atoms with Crippen LogP contribution in [0.4, 0.5) is 16.2 Å². The van der Waals surface area contributed by atoms with Gasteiger partial charge in [0.15, 0.2) is 11.5 Å². The van der Waals surface area contributed by atoms with Crippen molar-refractivity contribution in [2.24, 2.45) is 0 Å². The van der Waals surface area contributed by atoms with Gasteiger partial charge in [0.2, 0.25) is 0 Å². The van der Waals surface area contributed by atoms with E-state index in [-0.39, 0.29) is 17.4 Å². The van der Waals surface area contributed by atoms with Crippen LogP contribution in [0.2, 0.25) is 0 Å². The first-order valence-corrected chi connectivity index (χ1v) is 19.6. The molecule has 8 nitrogen and oxygen atoms in total. The molecule has 0 radical (unpaired) electrons. The predicted octanol–water partition coefficient (Wildman–Crippen LogP) is 9.59. The maximum atomic E-state index is 14.5. The van der Waals surface area contributed by atoms with Crippen LogP contribution in [0, 0.1) is 13.8 Å². The summed E-state index contributed by atoms with van der Waals surface area (Å²) in [5.41, 5.74) is 9.92. The number of carbonyl (C=O) groups is 3. The lowest BCUT2D eigenvalue weighted by Crippen LogP contribution is -2.54. The average molecular weight is 797 g/mol. The molecule has 9 heteroatoms. The fourth-order valence-electron chi connectivity index (χ4n) is 8.15. The van der Waals surface area contributed by atoms with Crippen LogP contribution in [0.5, 0.6) is 11.5 Å². The number of barbiturate groups is 1. The molecule has 3 aliphatic rings. The zero-order chi connectivity index (χ0) is 38.2. The molecular formula is C46H42BrN3O5. The first kappa shape index (κ1) is 36.3. The lowest BCUT2D eigenvalue weighted by molar-refractivity contribution is -0.122. The summed E-state index contributed by atoms with van der Waals surface area (Å²) in [5.74, 6) is -0.333. The van der Waals surface area contributed by atoms with E-state index in [4.69, 9.17) is 9.47 Å². The van der Waals surface area contributed by atoms with Crippen LogP contribution >= 0.6 is 15.9 Å².